The first-order valence-electron chi connectivity index (χ1n) is 8.50. The van der Waals surface area contributed by atoms with Crippen LogP contribution in [0, 0.1) is 6.92 Å². The Morgan fingerprint density at radius 3 is 2.71 bits per heavy atom. The molecule has 1 aliphatic rings. The summed E-state index contributed by atoms with van der Waals surface area (Å²) in [4.78, 5) is 0. The van der Waals surface area contributed by atoms with Crippen LogP contribution in [0.1, 0.15) is 32.3 Å². The van der Waals surface area contributed by atoms with Crippen LogP contribution in [-0.4, -0.2) is 32.2 Å². The molecule has 2 atom stereocenters. The molecular formula is C19H25N3OS. The zero-order valence-electron chi connectivity index (χ0n) is 14.6. The van der Waals surface area contributed by atoms with Crippen LogP contribution in [0.15, 0.2) is 42.1 Å². The normalized spacial score (nSPS) is 24.0. The monoisotopic (exact) mass is 343 g/mol. The Kier molecular flexibility index (Phi) is 5.41. The number of aromatic nitrogens is 3. The molecule has 4 nitrogen and oxygen atoms in total. The number of allylic oxidation sites excluding steroid dienone is 1. The topological polar surface area (TPSA) is 39.9 Å². The van der Waals surface area contributed by atoms with E-state index in [1.165, 1.54) is 5.56 Å². The van der Waals surface area contributed by atoms with E-state index in [4.69, 9.17) is 4.74 Å². The lowest BCUT2D eigenvalue weighted by Gasteiger charge is -2.31. The molecule has 128 valence electrons. The van der Waals surface area contributed by atoms with E-state index in [1.807, 2.05) is 17.8 Å². The standard InChI is InChI=1S/C19H25N3OS/c1-5-9-22-18(16-8-6-7-13(2)10-16)20-21-19(22)24-17-11-14(3)23-15(4)12-17/h5-8,10,14-15,17H,1,9,11-12H2,2-4H3/t14-,15-/m0/s1. The van der Waals surface area contributed by atoms with E-state index in [9.17, 15) is 0 Å². The number of hydrogen-bond acceptors (Lipinski definition) is 4. The molecule has 0 spiro atoms. The Balaban J connectivity index is 1.87. The number of thioether (sulfide) groups is 1. The molecule has 3 rings (SSSR count). The van der Waals surface area contributed by atoms with Gasteiger partial charge in [0.2, 0.25) is 0 Å². The van der Waals surface area contributed by atoms with Crippen molar-refractivity contribution in [3.63, 3.8) is 0 Å². The summed E-state index contributed by atoms with van der Waals surface area (Å²) in [5.41, 5.74) is 2.33. The lowest BCUT2D eigenvalue weighted by Crippen LogP contribution is -2.30. The molecular weight excluding hydrogens is 318 g/mol. The lowest BCUT2D eigenvalue weighted by atomic mass is 10.1. The highest BCUT2D eigenvalue weighted by atomic mass is 32.2. The molecule has 0 unspecified atom stereocenters. The molecule has 2 heterocycles. The SMILES string of the molecule is C=CCn1c(SC2C[C@H](C)O[C@@H](C)C2)nnc1-c1cccc(C)c1. The minimum atomic E-state index is 0.304. The minimum absolute atomic E-state index is 0.304. The summed E-state index contributed by atoms with van der Waals surface area (Å²) in [5, 5.41) is 10.4. The third-order valence-corrected chi connectivity index (χ3v) is 5.46. The van der Waals surface area contributed by atoms with E-state index < -0.39 is 0 Å². The smallest absolute Gasteiger partial charge is 0.192 e. The Labute approximate surface area is 148 Å². The maximum Gasteiger partial charge on any atom is 0.192 e. The Hall–Kier alpha value is -1.59. The van der Waals surface area contributed by atoms with Gasteiger partial charge in [0, 0.05) is 17.4 Å². The number of ether oxygens (including phenoxy) is 1. The number of hydrogen-bond donors (Lipinski definition) is 0. The third kappa shape index (κ3) is 3.90. The van der Waals surface area contributed by atoms with Gasteiger partial charge in [-0.15, -0.1) is 16.8 Å². The largest absolute Gasteiger partial charge is 0.375 e. The molecule has 0 aliphatic carbocycles. The molecule has 1 aromatic carbocycles. The highest BCUT2D eigenvalue weighted by molar-refractivity contribution is 7.99. The molecule has 0 amide bonds. The number of aryl methyl sites for hydroxylation is 1. The maximum absolute atomic E-state index is 5.85. The average Bonchev–Trinajstić information content (AvgIpc) is 2.89. The molecule has 1 aliphatic heterocycles. The molecule has 0 bridgehead atoms. The molecule has 0 saturated carbocycles. The average molecular weight is 343 g/mol. The van der Waals surface area contributed by atoms with Gasteiger partial charge in [0.25, 0.3) is 0 Å². The Bertz CT molecular complexity index is 702. The van der Waals surface area contributed by atoms with Crippen LogP contribution in [0.3, 0.4) is 0 Å². The van der Waals surface area contributed by atoms with Crippen LogP contribution in [0.25, 0.3) is 11.4 Å². The van der Waals surface area contributed by atoms with E-state index in [0.717, 1.165) is 29.4 Å². The second-order valence-corrected chi connectivity index (χ2v) is 7.81. The van der Waals surface area contributed by atoms with Crippen LogP contribution >= 0.6 is 11.8 Å². The number of benzene rings is 1. The second-order valence-electron chi connectivity index (χ2n) is 6.54. The van der Waals surface area contributed by atoms with Gasteiger partial charge >= 0.3 is 0 Å². The zero-order valence-corrected chi connectivity index (χ0v) is 15.4. The van der Waals surface area contributed by atoms with E-state index >= 15 is 0 Å². The van der Waals surface area contributed by atoms with Crippen molar-refractivity contribution in [2.45, 2.75) is 62.8 Å². The van der Waals surface area contributed by atoms with Gasteiger partial charge < -0.3 is 4.74 Å². The summed E-state index contributed by atoms with van der Waals surface area (Å²) >= 11 is 1.82. The van der Waals surface area contributed by atoms with Gasteiger partial charge in [-0.1, -0.05) is 41.6 Å². The molecule has 1 saturated heterocycles. The van der Waals surface area contributed by atoms with Gasteiger partial charge in [0.1, 0.15) is 0 Å². The number of nitrogens with zero attached hydrogens (tertiary/aromatic N) is 3. The van der Waals surface area contributed by atoms with Crippen LogP contribution < -0.4 is 0 Å². The van der Waals surface area contributed by atoms with Gasteiger partial charge in [-0.2, -0.15) is 0 Å². The van der Waals surface area contributed by atoms with Crippen molar-refractivity contribution in [1.29, 1.82) is 0 Å². The van der Waals surface area contributed by atoms with Crippen molar-refractivity contribution in [3.05, 3.63) is 42.5 Å². The molecule has 0 radical (unpaired) electrons. The fourth-order valence-electron chi connectivity index (χ4n) is 3.26. The van der Waals surface area contributed by atoms with E-state index in [0.29, 0.717) is 24.0 Å². The lowest BCUT2D eigenvalue weighted by molar-refractivity contribution is -0.0265. The molecule has 24 heavy (non-hydrogen) atoms. The Morgan fingerprint density at radius 1 is 1.29 bits per heavy atom. The van der Waals surface area contributed by atoms with Crippen LogP contribution in [0.4, 0.5) is 0 Å². The van der Waals surface area contributed by atoms with Crippen LogP contribution in [-0.2, 0) is 11.3 Å². The van der Waals surface area contributed by atoms with Crippen LogP contribution in [0.5, 0.6) is 0 Å². The summed E-state index contributed by atoms with van der Waals surface area (Å²) in [5.74, 6) is 0.911. The first-order chi connectivity index (χ1) is 11.6. The predicted molar refractivity (Wildman–Crippen MR) is 99.3 cm³/mol. The molecule has 2 aromatic rings. The van der Waals surface area contributed by atoms with Gasteiger partial charge in [0.05, 0.1) is 12.2 Å². The van der Waals surface area contributed by atoms with Gasteiger partial charge in [-0.3, -0.25) is 4.57 Å². The first kappa shape index (κ1) is 17.2. The fourth-order valence-corrected chi connectivity index (χ4v) is 4.67. The fraction of sp³-hybridized carbons (Fsp3) is 0.474. The maximum atomic E-state index is 5.85. The summed E-state index contributed by atoms with van der Waals surface area (Å²) in [6.45, 7) is 11.0. The zero-order chi connectivity index (χ0) is 17.1. The predicted octanol–water partition coefficient (Wildman–Crippen LogP) is 4.49. The third-order valence-electron chi connectivity index (χ3n) is 4.23. The minimum Gasteiger partial charge on any atom is -0.375 e. The van der Waals surface area contributed by atoms with Crippen molar-refractivity contribution in [2.24, 2.45) is 0 Å². The van der Waals surface area contributed by atoms with E-state index in [-0.39, 0.29) is 0 Å². The molecule has 0 N–H and O–H groups in total. The summed E-state index contributed by atoms with van der Waals surface area (Å²) in [7, 11) is 0. The molecule has 1 aromatic heterocycles. The Morgan fingerprint density at radius 2 is 2.04 bits per heavy atom. The number of rotatable bonds is 5. The van der Waals surface area contributed by atoms with E-state index in [2.05, 4.69) is 66.4 Å². The molecule has 5 heteroatoms. The summed E-state index contributed by atoms with van der Waals surface area (Å²) in [6.07, 6.45) is 4.62. The molecule has 1 fully saturated rings. The van der Waals surface area contributed by atoms with Crippen molar-refractivity contribution in [2.75, 3.05) is 0 Å². The highest BCUT2D eigenvalue weighted by Crippen LogP contribution is 2.34. The van der Waals surface area contributed by atoms with Gasteiger partial charge in [0.15, 0.2) is 11.0 Å². The summed E-state index contributed by atoms with van der Waals surface area (Å²) < 4.78 is 8.01. The van der Waals surface area contributed by atoms with Gasteiger partial charge in [-0.25, -0.2) is 0 Å². The van der Waals surface area contributed by atoms with E-state index in [1.54, 1.807) is 0 Å². The van der Waals surface area contributed by atoms with Gasteiger partial charge in [-0.05, 0) is 39.7 Å². The van der Waals surface area contributed by atoms with Crippen LogP contribution in [0.2, 0.25) is 0 Å². The summed E-state index contributed by atoms with van der Waals surface area (Å²) in [6, 6.07) is 8.39. The quantitative estimate of drug-likeness (QED) is 0.750. The van der Waals surface area contributed by atoms with Crippen molar-refractivity contribution < 1.29 is 4.74 Å². The van der Waals surface area contributed by atoms with Crippen molar-refractivity contribution >= 4 is 11.8 Å². The van der Waals surface area contributed by atoms with Crippen molar-refractivity contribution in [3.8, 4) is 11.4 Å². The van der Waals surface area contributed by atoms with Crippen molar-refractivity contribution in [1.82, 2.24) is 14.8 Å². The highest BCUT2D eigenvalue weighted by Gasteiger charge is 2.27. The second kappa shape index (κ2) is 7.53. The first-order valence-corrected chi connectivity index (χ1v) is 9.38.